The van der Waals surface area contributed by atoms with Crippen LogP contribution in [0.1, 0.15) is 13.8 Å². The van der Waals surface area contributed by atoms with Gasteiger partial charge < -0.3 is 10.3 Å². The number of anilines is 1. The minimum absolute atomic E-state index is 0.0866. The number of halogens is 1. The summed E-state index contributed by atoms with van der Waals surface area (Å²) >= 11 is 0. The quantitative estimate of drug-likeness (QED) is 0.298. The molecule has 0 radical (unpaired) electrons. The van der Waals surface area contributed by atoms with Gasteiger partial charge in [0.15, 0.2) is 11.5 Å². The van der Waals surface area contributed by atoms with Crippen molar-refractivity contribution in [2.24, 2.45) is 5.92 Å². The van der Waals surface area contributed by atoms with Gasteiger partial charge in [-0.25, -0.2) is 14.4 Å². The van der Waals surface area contributed by atoms with E-state index in [0.29, 0.717) is 50.6 Å². The third-order valence-electron chi connectivity index (χ3n) is 5.99. The molecule has 5 aromatic heterocycles. The van der Waals surface area contributed by atoms with Gasteiger partial charge >= 0.3 is 0 Å². The summed E-state index contributed by atoms with van der Waals surface area (Å²) in [5, 5.41) is 10.3. The molecule has 0 saturated heterocycles. The minimum Gasteiger partial charge on any atom is -0.335 e. The van der Waals surface area contributed by atoms with Crippen molar-refractivity contribution >= 4 is 33.7 Å². The molecular formula is C27H21FN8O. The van der Waals surface area contributed by atoms with E-state index in [1.54, 1.807) is 30.9 Å². The van der Waals surface area contributed by atoms with Gasteiger partial charge in [0.1, 0.15) is 11.3 Å². The highest BCUT2D eigenvalue weighted by Gasteiger charge is 2.18. The van der Waals surface area contributed by atoms with Gasteiger partial charge in [-0.3, -0.25) is 19.9 Å². The summed E-state index contributed by atoms with van der Waals surface area (Å²) in [6, 6.07) is 11.9. The molecular weight excluding hydrogens is 471 g/mol. The molecule has 0 aliphatic heterocycles. The molecule has 0 fully saturated rings. The molecule has 0 unspecified atom stereocenters. The fourth-order valence-electron chi connectivity index (χ4n) is 4.07. The van der Waals surface area contributed by atoms with Crippen LogP contribution in [-0.4, -0.2) is 41.0 Å². The lowest BCUT2D eigenvalue weighted by Crippen LogP contribution is -2.17. The van der Waals surface area contributed by atoms with E-state index >= 15 is 0 Å². The molecule has 182 valence electrons. The van der Waals surface area contributed by atoms with Crippen molar-refractivity contribution in [3.8, 4) is 33.9 Å². The van der Waals surface area contributed by atoms with E-state index in [-0.39, 0.29) is 17.6 Å². The van der Waals surface area contributed by atoms with Crippen LogP contribution in [0.25, 0.3) is 56.0 Å². The van der Waals surface area contributed by atoms with Crippen molar-refractivity contribution < 1.29 is 9.18 Å². The van der Waals surface area contributed by atoms with Crippen molar-refractivity contribution in [1.82, 2.24) is 35.1 Å². The van der Waals surface area contributed by atoms with Crippen LogP contribution < -0.4 is 5.32 Å². The molecule has 37 heavy (non-hydrogen) atoms. The minimum atomic E-state index is -0.331. The number of carbonyl (C=O) groups is 1. The fraction of sp³-hybridized carbons (Fsp3) is 0.111. The molecule has 3 N–H and O–H groups in total. The summed E-state index contributed by atoms with van der Waals surface area (Å²) in [4.78, 5) is 33.5. The van der Waals surface area contributed by atoms with Gasteiger partial charge in [-0.05, 0) is 35.9 Å². The lowest BCUT2D eigenvalue weighted by molar-refractivity contribution is -0.118. The number of imidazole rings is 1. The SMILES string of the molecule is CC(C)C(=O)Nc1cncc(-c2ccc3[nH]nc(-c4nc5c(-c6cccc(F)c6)cncc5[nH]4)c3n2)c1. The first kappa shape index (κ1) is 22.5. The Labute approximate surface area is 210 Å². The van der Waals surface area contributed by atoms with Gasteiger partial charge in [0.25, 0.3) is 0 Å². The maximum absolute atomic E-state index is 13.9. The molecule has 10 heteroatoms. The van der Waals surface area contributed by atoms with Crippen LogP contribution in [0.2, 0.25) is 0 Å². The summed E-state index contributed by atoms with van der Waals surface area (Å²) in [7, 11) is 0. The molecule has 0 aliphatic carbocycles. The Morgan fingerprint density at radius 3 is 2.62 bits per heavy atom. The third kappa shape index (κ3) is 4.18. The number of nitrogens with one attached hydrogen (secondary N) is 3. The van der Waals surface area contributed by atoms with Gasteiger partial charge in [0.2, 0.25) is 5.91 Å². The van der Waals surface area contributed by atoms with E-state index in [1.165, 1.54) is 12.1 Å². The molecule has 0 saturated carbocycles. The zero-order valence-corrected chi connectivity index (χ0v) is 20.0. The number of aromatic amines is 2. The van der Waals surface area contributed by atoms with E-state index in [1.807, 2.05) is 38.1 Å². The number of fused-ring (bicyclic) bond motifs is 2. The number of pyridine rings is 3. The normalized spacial score (nSPS) is 11.5. The molecule has 5 heterocycles. The van der Waals surface area contributed by atoms with Gasteiger partial charge in [-0.15, -0.1) is 0 Å². The lowest BCUT2D eigenvalue weighted by Gasteiger charge is -2.08. The second kappa shape index (κ2) is 8.90. The van der Waals surface area contributed by atoms with Crippen LogP contribution in [0.15, 0.2) is 67.3 Å². The van der Waals surface area contributed by atoms with Crippen LogP contribution in [0.4, 0.5) is 10.1 Å². The van der Waals surface area contributed by atoms with Gasteiger partial charge in [0, 0.05) is 29.4 Å². The van der Waals surface area contributed by atoms with E-state index in [2.05, 4.69) is 30.5 Å². The monoisotopic (exact) mass is 492 g/mol. The smallest absolute Gasteiger partial charge is 0.226 e. The first-order chi connectivity index (χ1) is 18.0. The first-order valence-corrected chi connectivity index (χ1v) is 11.7. The number of rotatable bonds is 5. The van der Waals surface area contributed by atoms with Crippen molar-refractivity contribution in [2.75, 3.05) is 5.32 Å². The largest absolute Gasteiger partial charge is 0.335 e. The summed E-state index contributed by atoms with van der Waals surface area (Å²) in [5.41, 5.74) is 6.64. The van der Waals surface area contributed by atoms with Gasteiger partial charge in [0.05, 0.1) is 40.3 Å². The highest BCUT2D eigenvalue weighted by atomic mass is 19.1. The van der Waals surface area contributed by atoms with E-state index in [9.17, 15) is 9.18 Å². The molecule has 6 rings (SSSR count). The Kier molecular flexibility index (Phi) is 5.41. The molecule has 0 aliphatic rings. The highest BCUT2D eigenvalue weighted by Crippen LogP contribution is 2.31. The van der Waals surface area contributed by atoms with Crippen LogP contribution >= 0.6 is 0 Å². The maximum atomic E-state index is 13.9. The second-order valence-corrected chi connectivity index (χ2v) is 8.95. The zero-order chi connectivity index (χ0) is 25.5. The molecule has 0 spiro atoms. The second-order valence-electron chi connectivity index (χ2n) is 8.95. The van der Waals surface area contributed by atoms with Crippen molar-refractivity contribution in [1.29, 1.82) is 0 Å². The maximum Gasteiger partial charge on any atom is 0.226 e. The van der Waals surface area contributed by atoms with Crippen molar-refractivity contribution in [3.05, 3.63) is 73.1 Å². The molecule has 9 nitrogen and oxygen atoms in total. The Morgan fingerprint density at radius 1 is 0.919 bits per heavy atom. The van der Waals surface area contributed by atoms with Crippen molar-refractivity contribution in [2.45, 2.75) is 13.8 Å². The summed E-state index contributed by atoms with van der Waals surface area (Å²) in [6.07, 6.45) is 6.63. The molecule has 6 aromatic rings. The summed E-state index contributed by atoms with van der Waals surface area (Å²) < 4.78 is 13.9. The number of amides is 1. The number of aromatic nitrogens is 7. The summed E-state index contributed by atoms with van der Waals surface area (Å²) in [6.45, 7) is 3.66. The Balaban J connectivity index is 1.41. The average molecular weight is 493 g/mol. The zero-order valence-electron chi connectivity index (χ0n) is 20.0. The van der Waals surface area contributed by atoms with Crippen LogP contribution in [0.3, 0.4) is 0 Å². The average Bonchev–Trinajstić information content (AvgIpc) is 3.52. The highest BCUT2D eigenvalue weighted by molar-refractivity contribution is 5.96. The van der Waals surface area contributed by atoms with Crippen LogP contribution in [0, 0.1) is 11.7 Å². The third-order valence-corrected chi connectivity index (χ3v) is 5.99. The molecule has 1 aromatic carbocycles. The van der Waals surface area contributed by atoms with Crippen LogP contribution in [0.5, 0.6) is 0 Å². The van der Waals surface area contributed by atoms with E-state index in [4.69, 9.17) is 9.97 Å². The Hall–Kier alpha value is -4.99. The topological polar surface area (TPSA) is 125 Å². The predicted octanol–water partition coefficient (Wildman–Crippen LogP) is 5.36. The number of nitrogens with zero attached hydrogens (tertiary/aromatic N) is 5. The molecule has 0 atom stereocenters. The predicted molar refractivity (Wildman–Crippen MR) is 139 cm³/mol. The Morgan fingerprint density at radius 2 is 1.78 bits per heavy atom. The van der Waals surface area contributed by atoms with Crippen LogP contribution in [-0.2, 0) is 4.79 Å². The Bertz CT molecular complexity index is 1790. The lowest BCUT2D eigenvalue weighted by atomic mass is 10.1. The first-order valence-electron chi connectivity index (χ1n) is 11.7. The molecule has 0 bridgehead atoms. The number of carbonyl (C=O) groups excluding carboxylic acids is 1. The fourth-order valence-corrected chi connectivity index (χ4v) is 4.07. The van der Waals surface area contributed by atoms with Gasteiger partial charge in [-0.1, -0.05) is 26.0 Å². The van der Waals surface area contributed by atoms with E-state index in [0.717, 1.165) is 11.1 Å². The molecule has 1 amide bonds. The standard InChI is InChI=1S/C27H21FN8O/c1-14(2)27(37)31-18-9-16(10-29-11-18)20-6-7-21-24(32-20)25(36-35-21)26-33-22-13-30-12-19(23(22)34-26)15-4-3-5-17(28)8-15/h3-14H,1-2H3,(H,31,37)(H,33,34)(H,35,36). The number of hydrogen-bond donors (Lipinski definition) is 3. The van der Waals surface area contributed by atoms with Gasteiger partial charge in [-0.2, -0.15) is 5.10 Å². The summed E-state index contributed by atoms with van der Waals surface area (Å²) in [5.74, 6) is -0.0567. The number of benzene rings is 1. The van der Waals surface area contributed by atoms with Crippen molar-refractivity contribution in [3.63, 3.8) is 0 Å². The number of H-pyrrole nitrogens is 2. The van der Waals surface area contributed by atoms with E-state index < -0.39 is 0 Å². The number of hydrogen-bond acceptors (Lipinski definition) is 6.